The number of benzene rings is 1. The fourth-order valence-electron chi connectivity index (χ4n) is 1.57. The maximum atomic E-state index is 11.0. The van der Waals surface area contributed by atoms with Gasteiger partial charge in [0, 0.05) is 11.6 Å². The van der Waals surface area contributed by atoms with E-state index >= 15 is 0 Å². The van der Waals surface area contributed by atoms with Gasteiger partial charge in [-0.25, -0.2) is 0 Å². The monoisotopic (exact) mass is 265 g/mol. The van der Waals surface area contributed by atoms with E-state index < -0.39 is 0 Å². The lowest BCUT2D eigenvalue weighted by atomic mass is 10.2. The van der Waals surface area contributed by atoms with Crippen LogP contribution in [0.3, 0.4) is 0 Å². The van der Waals surface area contributed by atoms with Gasteiger partial charge in [0.1, 0.15) is 11.3 Å². The van der Waals surface area contributed by atoms with Crippen LogP contribution in [-0.4, -0.2) is 24.7 Å². The average molecular weight is 266 g/mol. The maximum absolute atomic E-state index is 11.0. The molecule has 1 aromatic carbocycles. The minimum Gasteiger partial charge on any atom is -0.491 e. The quantitative estimate of drug-likeness (QED) is 0.798. The van der Waals surface area contributed by atoms with Gasteiger partial charge >= 0.3 is 5.97 Å². The number of hydrogen-bond donors (Lipinski definition) is 0. The Kier molecular flexibility index (Phi) is 3.99. The molecule has 0 atom stereocenters. The summed E-state index contributed by atoms with van der Waals surface area (Å²) in [5, 5.41) is 1.45. The van der Waals surface area contributed by atoms with Crippen LogP contribution in [0.1, 0.15) is 6.42 Å². The van der Waals surface area contributed by atoms with Crippen molar-refractivity contribution in [3.63, 3.8) is 0 Å². The van der Waals surface area contributed by atoms with Gasteiger partial charge in [0.15, 0.2) is 0 Å². The minimum absolute atomic E-state index is 0.202. The van der Waals surface area contributed by atoms with Crippen molar-refractivity contribution in [1.82, 2.24) is 4.98 Å². The van der Waals surface area contributed by atoms with E-state index in [1.54, 1.807) is 18.3 Å². The molecule has 0 amide bonds. The van der Waals surface area contributed by atoms with E-state index in [0.717, 1.165) is 5.39 Å². The van der Waals surface area contributed by atoms with Crippen molar-refractivity contribution in [2.24, 2.45) is 0 Å². The highest BCUT2D eigenvalue weighted by atomic mass is 35.5. The first-order chi connectivity index (χ1) is 8.72. The van der Waals surface area contributed by atoms with Crippen molar-refractivity contribution in [1.29, 1.82) is 0 Å². The standard InChI is InChI=1S/C13H12ClNO3/c1-17-12(16)6-8-18-11-5-4-10(14)9-3-2-7-15-13(9)11/h2-5,7H,6,8H2,1H3. The second kappa shape index (κ2) is 5.69. The summed E-state index contributed by atoms with van der Waals surface area (Å²) in [6.45, 7) is 0.250. The number of pyridine rings is 1. The molecule has 0 saturated carbocycles. The van der Waals surface area contributed by atoms with Gasteiger partial charge in [-0.1, -0.05) is 11.6 Å². The van der Waals surface area contributed by atoms with Gasteiger partial charge in [0.25, 0.3) is 0 Å². The van der Waals surface area contributed by atoms with Crippen LogP contribution in [0.15, 0.2) is 30.5 Å². The summed E-state index contributed by atoms with van der Waals surface area (Å²) in [5.74, 6) is 0.306. The van der Waals surface area contributed by atoms with Crippen molar-refractivity contribution in [2.45, 2.75) is 6.42 Å². The summed E-state index contributed by atoms with van der Waals surface area (Å²) in [6, 6.07) is 7.18. The van der Waals surface area contributed by atoms with Crippen molar-refractivity contribution >= 4 is 28.5 Å². The molecule has 0 aliphatic rings. The van der Waals surface area contributed by atoms with E-state index in [0.29, 0.717) is 16.3 Å². The van der Waals surface area contributed by atoms with Gasteiger partial charge in [-0.15, -0.1) is 0 Å². The molecular formula is C13H12ClNO3. The number of methoxy groups -OCH3 is 1. The topological polar surface area (TPSA) is 48.4 Å². The number of hydrogen-bond acceptors (Lipinski definition) is 4. The van der Waals surface area contributed by atoms with Crippen LogP contribution < -0.4 is 4.74 Å². The summed E-state index contributed by atoms with van der Waals surface area (Å²) in [5.41, 5.74) is 0.690. The van der Waals surface area contributed by atoms with Gasteiger partial charge in [-0.3, -0.25) is 9.78 Å². The van der Waals surface area contributed by atoms with Crippen LogP contribution in [0.25, 0.3) is 10.9 Å². The molecule has 0 fully saturated rings. The highest BCUT2D eigenvalue weighted by molar-refractivity contribution is 6.35. The van der Waals surface area contributed by atoms with Gasteiger partial charge < -0.3 is 9.47 Å². The molecule has 0 radical (unpaired) electrons. The molecule has 18 heavy (non-hydrogen) atoms. The smallest absolute Gasteiger partial charge is 0.308 e. The first-order valence-electron chi connectivity index (χ1n) is 5.45. The number of fused-ring (bicyclic) bond motifs is 1. The van der Waals surface area contributed by atoms with Crippen LogP contribution in [0.2, 0.25) is 5.02 Å². The first kappa shape index (κ1) is 12.6. The predicted octanol–water partition coefficient (Wildman–Crippen LogP) is 2.83. The molecule has 0 N–H and O–H groups in total. The third-order valence-corrected chi connectivity index (χ3v) is 2.80. The molecule has 2 aromatic rings. The zero-order chi connectivity index (χ0) is 13.0. The molecule has 0 saturated heterocycles. The fourth-order valence-corrected chi connectivity index (χ4v) is 1.79. The van der Waals surface area contributed by atoms with Crippen LogP contribution >= 0.6 is 11.6 Å². The number of aromatic nitrogens is 1. The molecular weight excluding hydrogens is 254 g/mol. The highest BCUT2D eigenvalue weighted by Crippen LogP contribution is 2.29. The van der Waals surface area contributed by atoms with E-state index in [4.69, 9.17) is 16.3 Å². The number of halogens is 1. The van der Waals surface area contributed by atoms with Crippen molar-refractivity contribution in [3.8, 4) is 5.75 Å². The third-order valence-electron chi connectivity index (χ3n) is 2.47. The van der Waals surface area contributed by atoms with Crippen LogP contribution in [0.5, 0.6) is 5.75 Å². The van der Waals surface area contributed by atoms with E-state index in [-0.39, 0.29) is 19.0 Å². The lowest BCUT2D eigenvalue weighted by Crippen LogP contribution is -2.07. The van der Waals surface area contributed by atoms with Crippen LogP contribution in [-0.2, 0) is 9.53 Å². The van der Waals surface area contributed by atoms with Crippen LogP contribution in [0, 0.1) is 0 Å². The molecule has 1 heterocycles. The fraction of sp³-hybridized carbons (Fsp3) is 0.231. The molecule has 0 unspecified atom stereocenters. The van der Waals surface area contributed by atoms with Crippen LogP contribution in [0.4, 0.5) is 0 Å². The minimum atomic E-state index is -0.304. The van der Waals surface area contributed by atoms with Gasteiger partial charge in [-0.05, 0) is 24.3 Å². The van der Waals surface area contributed by atoms with Gasteiger partial charge in [0.2, 0.25) is 0 Å². The summed E-state index contributed by atoms with van der Waals surface area (Å²) in [4.78, 5) is 15.2. The first-order valence-corrected chi connectivity index (χ1v) is 5.83. The highest BCUT2D eigenvalue weighted by Gasteiger charge is 2.07. The van der Waals surface area contributed by atoms with E-state index in [1.165, 1.54) is 7.11 Å². The lowest BCUT2D eigenvalue weighted by Gasteiger charge is -2.08. The summed E-state index contributed by atoms with van der Waals surface area (Å²) in [7, 11) is 1.35. The van der Waals surface area contributed by atoms with Crippen molar-refractivity contribution in [2.75, 3.05) is 13.7 Å². The predicted molar refractivity (Wildman–Crippen MR) is 68.9 cm³/mol. The number of carbonyl (C=O) groups is 1. The Balaban J connectivity index is 2.18. The molecule has 4 nitrogen and oxygen atoms in total. The average Bonchev–Trinajstić information content (AvgIpc) is 2.41. The molecule has 0 aliphatic heterocycles. The molecule has 94 valence electrons. The summed E-state index contributed by atoms with van der Waals surface area (Å²) >= 11 is 6.07. The van der Waals surface area contributed by atoms with Crippen molar-refractivity contribution in [3.05, 3.63) is 35.5 Å². The normalized spacial score (nSPS) is 10.3. The zero-order valence-corrected chi connectivity index (χ0v) is 10.6. The second-order valence-electron chi connectivity index (χ2n) is 3.62. The number of carbonyl (C=O) groups excluding carboxylic acids is 1. The number of ether oxygens (including phenoxy) is 2. The Bertz CT molecular complexity index is 571. The Labute approximate surface area is 109 Å². The number of nitrogens with zero attached hydrogens (tertiary/aromatic N) is 1. The Hall–Kier alpha value is -1.81. The molecule has 5 heteroatoms. The van der Waals surface area contributed by atoms with Gasteiger partial charge in [0.05, 0.1) is 25.2 Å². The molecule has 2 rings (SSSR count). The summed E-state index contributed by atoms with van der Waals surface area (Å²) < 4.78 is 10.1. The van der Waals surface area contributed by atoms with E-state index in [9.17, 15) is 4.79 Å². The largest absolute Gasteiger partial charge is 0.491 e. The maximum Gasteiger partial charge on any atom is 0.308 e. The Morgan fingerprint density at radius 3 is 3.00 bits per heavy atom. The Morgan fingerprint density at radius 1 is 1.39 bits per heavy atom. The van der Waals surface area contributed by atoms with E-state index in [1.807, 2.05) is 12.1 Å². The van der Waals surface area contributed by atoms with Gasteiger partial charge in [-0.2, -0.15) is 0 Å². The third kappa shape index (κ3) is 2.71. The second-order valence-corrected chi connectivity index (χ2v) is 4.03. The molecule has 1 aromatic heterocycles. The zero-order valence-electron chi connectivity index (χ0n) is 9.85. The molecule has 0 spiro atoms. The molecule has 0 bridgehead atoms. The SMILES string of the molecule is COC(=O)CCOc1ccc(Cl)c2cccnc12. The lowest BCUT2D eigenvalue weighted by molar-refractivity contribution is -0.141. The number of esters is 1. The Morgan fingerprint density at radius 2 is 2.22 bits per heavy atom. The number of rotatable bonds is 4. The van der Waals surface area contributed by atoms with E-state index in [2.05, 4.69) is 9.72 Å². The van der Waals surface area contributed by atoms with Crippen molar-refractivity contribution < 1.29 is 14.3 Å². The molecule has 0 aliphatic carbocycles. The summed E-state index contributed by atoms with van der Waals surface area (Å²) in [6.07, 6.45) is 1.87.